The number of piperidine rings is 1. The number of nitrogens with zero attached hydrogens (tertiary/aromatic N) is 3. The molecule has 1 atom stereocenters. The van der Waals surface area contributed by atoms with Crippen LogP contribution >= 0.6 is 0 Å². The first-order valence-corrected chi connectivity index (χ1v) is 10.5. The minimum atomic E-state index is -0.391. The lowest BCUT2D eigenvalue weighted by Crippen LogP contribution is -2.40. The zero-order valence-corrected chi connectivity index (χ0v) is 17.6. The van der Waals surface area contributed by atoms with Gasteiger partial charge in [0.1, 0.15) is 17.1 Å². The molecule has 0 radical (unpaired) electrons. The number of hydrogen-bond acceptors (Lipinski definition) is 6. The average molecular weight is 435 g/mol. The SMILES string of the molecule is COc1ccc2oc(C(=O)N3CCCC(Cc4nc(-c5ccccc5F)no4)C3)cc2c1. The number of rotatable bonds is 5. The maximum Gasteiger partial charge on any atom is 0.289 e. The van der Waals surface area contributed by atoms with E-state index in [2.05, 4.69) is 10.1 Å². The molecule has 5 rings (SSSR count). The molecule has 0 N–H and O–H groups in total. The summed E-state index contributed by atoms with van der Waals surface area (Å²) in [6.45, 7) is 1.23. The largest absolute Gasteiger partial charge is 0.497 e. The second-order valence-electron chi connectivity index (χ2n) is 7.97. The molecule has 4 aromatic rings. The van der Waals surface area contributed by atoms with Crippen molar-refractivity contribution in [1.29, 1.82) is 0 Å². The Balaban J connectivity index is 1.28. The fourth-order valence-corrected chi connectivity index (χ4v) is 4.16. The molecule has 0 aliphatic carbocycles. The van der Waals surface area contributed by atoms with E-state index in [0.717, 1.165) is 18.2 Å². The van der Waals surface area contributed by atoms with Gasteiger partial charge in [-0.3, -0.25) is 4.79 Å². The smallest absolute Gasteiger partial charge is 0.289 e. The van der Waals surface area contributed by atoms with Crippen molar-refractivity contribution < 1.29 is 22.9 Å². The number of furan rings is 1. The van der Waals surface area contributed by atoms with Crippen LogP contribution in [0.2, 0.25) is 0 Å². The van der Waals surface area contributed by atoms with Gasteiger partial charge in [-0.2, -0.15) is 4.98 Å². The molecular formula is C24H22FN3O4. The summed E-state index contributed by atoms with van der Waals surface area (Å²) in [6.07, 6.45) is 2.35. The van der Waals surface area contributed by atoms with Gasteiger partial charge in [-0.25, -0.2) is 4.39 Å². The van der Waals surface area contributed by atoms with Crippen molar-refractivity contribution in [2.45, 2.75) is 19.3 Å². The van der Waals surface area contributed by atoms with E-state index in [9.17, 15) is 9.18 Å². The highest BCUT2D eigenvalue weighted by atomic mass is 19.1. The van der Waals surface area contributed by atoms with Crippen LogP contribution in [0, 0.1) is 11.7 Å². The first-order chi connectivity index (χ1) is 15.6. The average Bonchev–Trinajstić information content (AvgIpc) is 3.45. The predicted molar refractivity (Wildman–Crippen MR) is 115 cm³/mol. The van der Waals surface area contributed by atoms with E-state index in [4.69, 9.17) is 13.7 Å². The Morgan fingerprint density at radius 1 is 1.25 bits per heavy atom. The number of carbonyl (C=O) groups excluding carboxylic acids is 1. The number of carbonyl (C=O) groups is 1. The fourth-order valence-electron chi connectivity index (χ4n) is 4.16. The van der Waals surface area contributed by atoms with Crippen LogP contribution < -0.4 is 4.74 Å². The molecular weight excluding hydrogens is 413 g/mol. The van der Waals surface area contributed by atoms with Crippen molar-refractivity contribution in [3.05, 3.63) is 66.0 Å². The highest BCUT2D eigenvalue weighted by Gasteiger charge is 2.28. The Morgan fingerprint density at radius 3 is 2.97 bits per heavy atom. The summed E-state index contributed by atoms with van der Waals surface area (Å²) in [5, 5.41) is 4.75. The first kappa shape index (κ1) is 20.2. The van der Waals surface area contributed by atoms with Gasteiger partial charge in [0.15, 0.2) is 5.76 Å². The van der Waals surface area contributed by atoms with E-state index in [1.54, 1.807) is 48.4 Å². The quantitative estimate of drug-likeness (QED) is 0.451. The summed E-state index contributed by atoms with van der Waals surface area (Å²) in [7, 11) is 1.60. The van der Waals surface area contributed by atoms with Crippen LogP contribution in [-0.2, 0) is 6.42 Å². The van der Waals surface area contributed by atoms with Gasteiger partial charge in [-0.15, -0.1) is 0 Å². The molecule has 32 heavy (non-hydrogen) atoms. The van der Waals surface area contributed by atoms with E-state index >= 15 is 0 Å². The van der Waals surface area contributed by atoms with Gasteiger partial charge in [-0.05, 0) is 55.2 Å². The molecule has 3 heterocycles. The normalized spacial score (nSPS) is 16.4. The molecule has 0 bridgehead atoms. The van der Waals surface area contributed by atoms with Crippen molar-refractivity contribution >= 4 is 16.9 Å². The highest BCUT2D eigenvalue weighted by Crippen LogP contribution is 2.27. The topological polar surface area (TPSA) is 81.6 Å². The minimum Gasteiger partial charge on any atom is -0.497 e. The van der Waals surface area contributed by atoms with E-state index < -0.39 is 5.82 Å². The molecule has 1 aliphatic rings. The molecule has 0 saturated carbocycles. The Kier molecular flexibility index (Phi) is 5.34. The molecule has 7 nitrogen and oxygen atoms in total. The fraction of sp³-hybridized carbons (Fsp3) is 0.292. The number of aromatic nitrogens is 2. The molecule has 1 saturated heterocycles. The summed E-state index contributed by atoms with van der Waals surface area (Å²) >= 11 is 0. The molecule has 1 amide bonds. The number of methoxy groups -OCH3 is 1. The summed E-state index contributed by atoms with van der Waals surface area (Å²) in [5.74, 6) is 1.35. The van der Waals surface area contributed by atoms with Crippen LogP contribution in [0.25, 0.3) is 22.4 Å². The molecule has 164 valence electrons. The van der Waals surface area contributed by atoms with Crippen molar-refractivity contribution in [3.8, 4) is 17.1 Å². The third-order valence-corrected chi connectivity index (χ3v) is 5.79. The summed E-state index contributed by atoms with van der Waals surface area (Å²) in [5.41, 5.74) is 0.957. The standard InChI is InChI=1S/C24H22FN3O4/c1-30-17-8-9-20-16(12-17)13-21(31-20)24(29)28-10-4-5-15(14-28)11-22-26-23(27-32-22)18-6-2-3-7-19(18)25/h2-3,6-9,12-13,15H,4-5,10-11,14H2,1H3. The number of ether oxygens (including phenoxy) is 1. The number of amides is 1. The zero-order chi connectivity index (χ0) is 22.1. The summed E-state index contributed by atoms with van der Waals surface area (Å²) in [6, 6.07) is 13.5. The Morgan fingerprint density at radius 2 is 2.12 bits per heavy atom. The summed E-state index contributed by atoms with van der Waals surface area (Å²) in [4.78, 5) is 19.2. The summed E-state index contributed by atoms with van der Waals surface area (Å²) < 4.78 is 30.4. The maximum atomic E-state index is 14.0. The van der Waals surface area contributed by atoms with Crippen molar-refractivity contribution in [1.82, 2.24) is 15.0 Å². The maximum absolute atomic E-state index is 14.0. The zero-order valence-electron chi connectivity index (χ0n) is 17.6. The second-order valence-corrected chi connectivity index (χ2v) is 7.97. The Bertz CT molecular complexity index is 1270. The second kappa shape index (κ2) is 8.45. The number of hydrogen-bond donors (Lipinski definition) is 0. The van der Waals surface area contributed by atoms with Crippen LogP contribution in [-0.4, -0.2) is 41.1 Å². The van der Waals surface area contributed by atoms with E-state index in [1.165, 1.54) is 6.07 Å². The lowest BCUT2D eigenvalue weighted by molar-refractivity contribution is 0.0638. The van der Waals surface area contributed by atoms with E-state index in [0.29, 0.717) is 48.1 Å². The predicted octanol–water partition coefficient (Wildman–Crippen LogP) is 4.73. The lowest BCUT2D eigenvalue weighted by Gasteiger charge is -2.31. The van der Waals surface area contributed by atoms with Crippen molar-refractivity contribution in [2.24, 2.45) is 5.92 Å². The molecule has 2 aromatic carbocycles. The molecule has 0 spiro atoms. The molecule has 1 aliphatic heterocycles. The number of fused-ring (bicyclic) bond motifs is 1. The van der Waals surface area contributed by atoms with E-state index in [-0.39, 0.29) is 17.6 Å². The van der Waals surface area contributed by atoms with Gasteiger partial charge in [0.25, 0.3) is 5.91 Å². The van der Waals surface area contributed by atoms with Gasteiger partial charge in [0.2, 0.25) is 11.7 Å². The van der Waals surface area contributed by atoms with Crippen LogP contribution in [0.4, 0.5) is 4.39 Å². The minimum absolute atomic E-state index is 0.137. The van der Waals surface area contributed by atoms with Gasteiger partial charge < -0.3 is 18.6 Å². The third-order valence-electron chi connectivity index (χ3n) is 5.79. The van der Waals surface area contributed by atoms with Crippen molar-refractivity contribution in [2.75, 3.05) is 20.2 Å². The Labute approximate surface area is 183 Å². The molecule has 8 heteroatoms. The lowest BCUT2D eigenvalue weighted by atomic mass is 9.94. The number of likely N-dealkylation sites (tertiary alicyclic amines) is 1. The number of benzene rings is 2. The van der Waals surface area contributed by atoms with Crippen LogP contribution in [0.1, 0.15) is 29.3 Å². The van der Waals surface area contributed by atoms with Crippen LogP contribution in [0.5, 0.6) is 5.75 Å². The van der Waals surface area contributed by atoms with E-state index in [1.807, 2.05) is 6.07 Å². The van der Waals surface area contributed by atoms with Crippen molar-refractivity contribution in [3.63, 3.8) is 0 Å². The highest BCUT2D eigenvalue weighted by molar-refractivity contribution is 5.96. The molecule has 1 unspecified atom stereocenters. The third kappa shape index (κ3) is 3.95. The van der Waals surface area contributed by atoms with Crippen LogP contribution in [0.15, 0.2) is 57.5 Å². The number of halogens is 1. The van der Waals surface area contributed by atoms with Gasteiger partial charge >= 0.3 is 0 Å². The van der Waals surface area contributed by atoms with Gasteiger partial charge in [0.05, 0.1) is 12.7 Å². The first-order valence-electron chi connectivity index (χ1n) is 10.5. The Hall–Kier alpha value is -3.68. The molecule has 2 aromatic heterocycles. The van der Waals surface area contributed by atoms with Crippen LogP contribution in [0.3, 0.4) is 0 Å². The molecule has 1 fully saturated rings. The van der Waals surface area contributed by atoms with Gasteiger partial charge in [-0.1, -0.05) is 17.3 Å². The van der Waals surface area contributed by atoms with Gasteiger partial charge in [0, 0.05) is 24.9 Å². The monoisotopic (exact) mass is 435 g/mol.